The molecule has 7 heteroatoms. The Morgan fingerprint density at radius 1 is 1.60 bits per heavy atom. The van der Waals surface area contributed by atoms with E-state index >= 15 is 0 Å². The average Bonchev–Trinajstić information content (AvgIpc) is 2.74. The molecule has 1 amide bonds. The quantitative estimate of drug-likeness (QED) is 0.746. The summed E-state index contributed by atoms with van der Waals surface area (Å²) in [7, 11) is -2.97. The number of hydrogen-bond donors (Lipinski definition) is 1. The molecule has 1 fully saturated rings. The Labute approximate surface area is 86.6 Å². The Morgan fingerprint density at radius 2 is 2.40 bits per heavy atom. The number of amides is 1. The third kappa shape index (κ3) is 2.35. The van der Waals surface area contributed by atoms with Crippen molar-refractivity contribution in [3.63, 3.8) is 0 Å². The van der Waals surface area contributed by atoms with Crippen molar-refractivity contribution in [2.75, 3.05) is 11.5 Å². The summed E-state index contributed by atoms with van der Waals surface area (Å²) in [6.45, 7) is 0. The van der Waals surface area contributed by atoms with Crippen LogP contribution in [0.15, 0.2) is 16.9 Å². The molecule has 1 aromatic heterocycles. The SMILES string of the molecule is O=C(NC1CCS(=O)(=O)C1)c1ccon1. The minimum atomic E-state index is -2.97. The zero-order valence-electron chi connectivity index (χ0n) is 7.84. The van der Waals surface area contributed by atoms with Crippen LogP contribution in [0.4, 0.5) is 0 Å². The van der Waals surface area contributed by atoms with Crippen LogP contribution in [0, 0.1) is 0 Å². The van der Waals surface area contributed by atoms with E-state index in [1.165, 1.54) is 12.3 Å². The summed E-state index contributed by atoms with van der Waals surface area (Å²) in [6, 6.07) is 1.12. The highest BCUT2D eigenvalue weighted by atomic mass is 32.2. The van der Waals surface area contributed by atoms with Crippen molar-refractivity contribution in [3.8, 4) is 0 Å². The predicted octanol–water partition coefficient (Wildman–Crippen LogP) is -0.409. The van der Waals surface area contributed by atoms with Gasteiger partial charge in [0.25, 0.3) is 5.91 Å². The predicted molar refractivity (Wildman–Crippen MR) is 51.0 cm³/mol. The van der Waals surface area contributed by atoms with Crippen LogP contribution in [0.2, 0.25) is 0 Å². The van der Waals surface area contributed by atoms with Gasteiger partial charge in [-0.15, -0.1) is 0 Å². The molecule has 82 valence electrons. The van der Waals surface area contributed by atoms with E-state index in [-0.39, 0.29) is 23.2 Å². The lowest BCUT2D eigenvalue weighted by atomic mass is 10.2. The highest BCUT2D eigenvalue weighted by Gasteiger charge is 2.29. The Morgan fingerprint density at radius 3 is 2.93 bits per heavy atom. The van der Waals surface area contributed by atoms with Gasteiger partial charge in [-0.3, -0.25) is 4.79 Å². The molecule has 1 aromatic rings. The van der Waals surface area contributed by atoms with Gasteiger partial charge in [-0.05, 0) is 6.42 Å². The van der Waals surface area contributed by atoms with Crippen LogP contribution >= 0.6 is 0 Å². The van der Waals surface area contributed by atoms with Crippen LogP contribution in [-0.4, -0.2) is 37.0 Å². The average molecular weight is 230 g/mol. The Kier molecular flexibility index (Phi) is 2.47. The molecule has 0 aliphatic carbocycles. The lowest BCUT2D eigenvalue weighted by Gasteiger charge is -2.08. The molecule has 15 heavy (non-hydrogen) atoms. The topological polar surface area (TPSA) is 89.3 Å². The second-order valence-corrected chi connectivity index (χ2v) is 5.69. The fraction of sp³-hybridized carbons (Fsp3) is 0.500. The number of hydrogen-bond acceptors (Lipinski definition) is 5. The molecule has 1 aliphatic heterocycles. The molecule has 2 rings (SSSR count). The van der Waals surface area contributed by atoms with E-state index in [2.05, 4.69) is 15.0 Å². The van der Waals surface area contributed by atoms with Gasteiger partial charge in [0.05, 0.1) is 11.5 Å². The molecule has 2 heterocycles. The van der Waals surface area contributed by atoms with Crippen molar-refractivity contribution >= 4 is 15.7 Å². The molecular weight excluding hydrogens is 220 g/mol. The first-order valence-electron chi connectivity index (χ1n) is 4.48. The standard InChI is InChI=1S/C8H10N2O4S/c11-8(7-1-3-14-10-7)9-6-2-4-15(12,13)5-6/h1,3,6H,2,4-5H2,(H,9,11). The van der Waals surface area contributed by atoms with E-state index < -0.39 is 15.7 Å². The van der Waals surface area contributed by atoms with Crippen LogP contribution in [0.3, 0.4) is 0 Å². The summed E-state index contributed by atoms with van der Waals surface area (Å²) >= 11 is 0. The van der Waals surface area contributed by atoms with Crippen molar-refractivity contribution in [2.24, 2.45) is 0 Å². The summed E-state index contributed by atoms with van der Waals surface area (Å²) in [4.78, 5) is 11.4. The van der Waals surface area contributed by atoms with Crippen molar-refractivity contribution in [2.45, 2.75) is 12.5 Å². The van der Waals surface area contributed by atoms with E-state index in [0.717, 1.165) is 0 Å². The van der Waals surface area contributed by atoms with Gasteiger partial charge in [0.1, 0.15) is 6.26 Å². The molecule has 6 nitrogen and oxygen atoms in total. The van der Waals surface area contributed by atoms with Crippen LogP contribution in [0.25, 0.3) is 0 Å². The van der Waals surface area contributed by atoms with E-state index in [1.54, 1.807) is 0 Å². The summed E-state index contributed by atoms with van der Waals surface area (Å²) in [5.74, 6) is -0.251. The van der Waals surface area contributed by atoms with Gasteiger partial charge in [-0.1, -0.05) is 5.16 Å². The maximum atomic E-state index is 11.4. The molecule has 1 saturated heterocycles. The fourth-order valence-electron chi connectivity index (χ4n) is 1.50. The molecule has 1 unspecified atom stereocenters. The molecule has 1 aliphatic rings. The van der Waals surface area contributed by atoms with Crippen molar-refractivity contribution < 1.29 is 17.7 Å². The minimum Gasteiger partial charge on any atom is -0.364 e. The highest BCUT2D eigenvalue weighted by Crippen LogP contribution is 2.11. The van der Waals surface area contributed by atoms with Gasteiger partial charge in [0.15, 0.2) is 15.5 Å². The molecular formula is C8H10N2O4S. The largest absolute Gasteiger partial charge is 0.364 e. The second-order valence-electron chi connectivity index (χ2n) is 3.46. The maximum absolute atomic E-state index is 11.4. The molecule has 1 N–H and O–H groups in total. The van der Waals surface area contributed by atoms with Crippen LogP contribution < -0.4 is 5.32 Å². The first-order valence-corrected chi connectivity index (χ1v) is 6.31. The number of nitrogens with one attached hydrogen (secondary N) is 1. The van der Waals surface area contributed by atoms with Gasteiger partial charge in [0, 0.05) is 12.1 Å². The number of nitrogens with zero attached hydrogens (tertiary/aromatic N) is 1. The highest BCUT2D eigenvalue weighted by molar-refractivity contribution is 7.91. The number of carbonyl (C=O) groups is 1. The summed E-state index contributed by atoms with van der Waals surface area (Å²) < 4.78 is 26.8. The van der Waals surface area contributed by atoms with Gasteiger partial charge >= 0.3 is 0 Å². The van der Waals surface area contributed by atoms with Crippen molar-refractivity contribution in [1.82, 2.24) is 10.5 Å². The third-order valence-corrected chi connectivity index (χ3v) is 4.01. The van der Waals surface area contributed by atoms with Crippen molar-refractivity contribution in [3.05, 3.63) is 18.0 Å². The van der Waals surface area contributed by atoms with E-state index in [1.807, 2.05) is 0 Å². The molecule has 1 atom stereocenters. The number of carbonyl (C=O) groups excluding carboxylic acids is 1. The van der Waals surface area contributed by atoms with Gasteiger partial charge in [0.2, 0.25) is 0 Å². The minimum absolute atomic E-state index is 0.0105. The molecule has 0 radical (unpaired) electrons. The van der Waals surface area contributed by atoms with E-state index in [4.69, 9.17) is 0 Å². The number of sulfone groups is 1. The van der Waals surface area contributed by atoms with Gasteiger partial charge in [-0.25, -0.2) is 8.42 Å². The number of rotatable bonds is 2. The summed E-state index contributed by atoms with van der Waals surface area (Å²) in [5.41, 5.74) is 0.166. The Balaban J connectivity index is 1.97. The third-order valence-electron chi connectivity index (χ3n) is 2.24. The number of aromatic nitrogens is 1. The van der Waals surface area contributed by atoms with E-state index in [9.17, 15) is 13.2 Å². The van der Waals surface area contributed by atoms with Crippen LogP contribution in [0.1, 0.15) is 16.9 Å². The lowest BCUT2D eigenvalue weighted by Crippen LogP contribution is -2.35. The summed E-state index contributed by atoms with van der Waals surface area (Å²) in [5, 5.41) is 6.05. The Bertz CT molecular complexity index is 451. The first-order chi connectivity index (χ1) is 7.07. The molecule has 0 spiro atoms. The fourth-order valence-corrected chi connectivity index (χ4v) is 3.17. The first kappa shape index (κ1) is 10.2. The normalized spacial score (nSPS) is 23.9. The van der Waals surface area contributed by atoms with Crippen LogP contribution in [0.5, 0.6) is 0 Å². The Hall–Kier alpha value is -1.37. The summed E-state index contributed by atoms with van der Waals surface area (Å²) in [6.07, 6.45) is 1.76. The van der Waals surface area contributed by atoms with Gasteiger partial charge < -0.3 is 9.84 Å². The second kappa shape index (κ2) is 3.65. The molecule has 0 bridgehead atoms. The lowest BCUT2D eigenvalue weighted by molar-refractivity contribution is 0.0932. The van der Waals surface area contributed by atoms with Crippen molar-refractivity contribution in [1.29, 1.82) is 0 Å². The molecule has 0 saturated carbocycles. The van der Waals surface area contributed by atoms with Crippen LogP contribution in [-0.2, 0) is 9.84 Å². The zero-order valence-corrected chi connectivity index (χ0v) is 8.66. The maximum Gasteiger partial charge on any atom is 0.273 e. The zero-order chi connectivity index (χ0) is 10.9. The molecule has 0 aromatic carbocycles. The van der Waals surface area contributed by atoms with Gasteiger partial charge in [-0.2, -0.15) is 0 Å². The smallest absolute Gasteiger partial charge is 0.273 e. The monoisotopic (exact) mass is 230 g/mol. The van der Waals surface area contributed by atoms with E-state index in [0.29, 0.717) is 6.42 Å².